The summed E-state index contributed by atoms with van der Waals surface area (Å²) in [5.41, 5.74) is 2.69. The summed E-state index contributed by atoms with van der Waals surface area (Å²) in [6.07, 6.45) is 3.54. The van der Waals surface area contributed by atoms with Crippen molar-refractivity contribution in [1.82, 2.24) is 24.8 Å². The molecule has 5 rings (SSSR count). The van der Waals surface area contributed by atoms with E-state index in [0.717, 1.165) is 37.6 Å². The smallest absolute Gasteiger partial charge is 0.248 e. The monoisotopic (exact) mass is 476 g/mol. The van der Waals surface area contributed by atoms with Crippen molar-refractivity contribution in [1.29, 1.82) is 0 Å². The van der Waals surface area contributed by atoms with Crippen molar-refractivity contribution in [2.75, 3.05) is 48.8 Å². The van der Waals surface area contributed by atoms with E-state index >= 15 is 4.39 Å². The second-order valence-electron chi connectivity index (χ2n) is 8.37. The van der Waals surface area contributed by atoms with Crippen molar-refractivity contribution in [3.63, 3.8) is 0 Å². The van der Waals surface area contributed by atoms with E-state index in [2.05, 4.69) is 47.4 Å². The summed E-state index contributed by atoms with van der Waals surface area (Å²) in [6.45, 7) is 5.73. The van der Waals surface area contributed by atoms with Gasteiger partial charge in [0.2, 0.25) is 12.3 Å². The summed E-state index contributed by atoms with van der Waals surface area (Å²) in [4.78, 5) is 31.8. The third-order valence-corrected chi connectivity index (χ3v) is 5.92. The number of aromatic nitrogens is 4. The molecule has 1 amide bonds. The van der Waals surface area contributed by atoms with E-state index in [1.54, 1.807) is 18.3 Å². The quantitative estimate of drug-likeness (QED) is 0.347. The lowest BCUT2D eigenvalue weighted by atomic mass is 10.2. The number of likely N-dealkylation sites (N-methyl/N-ethyl adjacent to an activating group) is 1. The summed E-state index contributed by atoms with van der Waals surface area (Å²) in [7, 11) is 2.11. The summed E-state index contributed by atoms with van der Waals surface area (Å²) in [6, 6.07) is 8.75. The molecule has 4 aromatic rings. The highest BCUT2D eigenvalue weighted by atomic mass is 19.1. The number of nitrogens with zero attached hydrogens (tertiary/aromatic N) is 5. The molecule has 11 heteroatoms. The molecule has 0 bridgehead atoms. The van der Waals surface area contributed by atoms with Crippen LogP contribution in [0.1, 0.15) is 5.69 Å². The van der Waals surface area contributed by atoms with Gasteiger partial charge in [0.25, 0.3) is 0 Å². The number of benzene rings is 1. The lowest BCUT2D eigenvalue weighted by Crippen LogP contribution is -2.44. The number of rotatable bonds is 7. The molecule has 3 N–H and O–H groups in total. The molecule has 0 spiro atoms. The molecule has 1 aliphatic heterocycles. The van der Waals surface area contributed by atoms with Crippen LogP contribution in [0.4, 0.5) is 27.4 Å². The van der Waals surface area contributed by atoms with Crippen LogP contribution in [0.25, 0.3) is 10.9 Å². The first-order valence-corrected chi connectivity index (χ1v) is 11.2. The van der Waals surface area contributed by atoms with Gasteiger partial charge in [0.1, 0.15) is 17.8 Å². The lowest BCUT2D eigenvalue weighted by Gasteiger charge is -2.33. The SMILES string of the molecule is Cc1cc2c(F)c(Oc3ncnc(Nc4ccc(N5CCN(C)CC5)cn4)c3NC=O)ccc2[nH]1. The van der Waals surface area contributed by atoms with E-state index in [1.165, 1.54) is 12.4 Å². The Morgan fingerprint density at radius 1 is 1.11 bits per heavy atom. The first-order valence-electron chi connectivity index (χ1n) is 11.2. The van der Waals surface area contributed by atoms with Gasteiger partial charge in [-0.15, -0.1) is 0 Å². The van der Waals surface area contributed by atoms with Crippen molar-refractivity contribution in [3.05, 3.63) is 54.4 Å². The zero-order valence-corrected chi connectivity index (χ0v) is 19.4. The Kier molecular flexibility index (Phi) is 6.15. The Labute approximate surface area is 201 Å². The average molecular weight is 477 g/mol. The van der Waals surface area contributed by atoms with Crippen LogP contribution in [0, 0.1) is 12.7 Å². The fourth-order valence-electron chi connectivity index (χ4n) is 4.03. The first kappa shape index (κ1) is 22.5. The zero-order chi connectivity index (χ0) is 24.4. The van der Waals surface area contributed by atoms with Gasteiger partial charge in [0, 0.05) is 42.8 Å². The molecule has 0 radical (unpaired) electrons. The Hall–Kier alpha value is -4.25. The van der Waals surface area contributed by atoms with Crippen LogP contribution in [0.5, 0.6) is 11.6 Å². The van der Waals surface area contributed by atoms with Crippen LogP contribution in [-0.2, 0) is 4.79 Å². The number of aryl methyl sites for hydroxylation is 1. The fraction of sp³-hybridized carbons (Fsp3) is 0.250. The summed E-state index contributed by atoms with van der Waals surface area (Å²) in [5, 5.41) is 6.03. The third-order valence-electron chi connectivity index (χ3n) is 5.92. The van der Waals surface area contributed by atoms with Crippen LogP contribution in [-0.4, -0.2) is 64.5 Å². The number of carbonyl (C=O) groups is 1. The van der Waals surface area contributed by atoms with Gasteiger partial charge in [-0.3, -0.25) is 4.79 Å². The number of pyridine rings is 1. The molecule has 1 aromatic carbocycles. The van der Waals surface area contributed by atoms with Gasteiger partial charge in [-0.05, 0) is 44.3 Å². The molecule has 4 heterocycles. The minimum absolute atomic E-state index is 0.00540. The molecule has 10 nitrogen and oxygen atoms in total. The van der Waals surface area contributed by atoms with Crippen LogP contribution in [0.3, 0.4) is 0 Å². The van der Waals surface area contributed by atoms with Crippen LogP contribution in [0.2, 0.25) is 0 Å². The maximum absolute atomic E-state index is 15.0. The van der Waals surface area contributed by atoms with Crippen molar-refractivity contribution >= 4 is 40.3 Å². The predicted octanol–water partition coefficient (Wildman–Crippen LogP) is 3.66. The maximum atomic E-state index is 15.0. The molecule has 1 saturated heterocycles. The minimum Gasteiger partial charge on any atom is -0.434 e. The van der Waals surface area contributed by atoms with Crippen LogP contribution >= 0.6 is 0 Å². The van der Waals surface area contributed by atoms with Gasteiger partial charge in [-0.2, -0.15) is 4.98 Å². The number of piperazine rings is 1. The Morgan fingerprint density at radius 3 is 2.69 bits per heavy atom. The zero-order valence-electron chi connectivity index (χ0n) is 19.4. The third kappa shape index (κ3) is 4.71. The van der Waals surface area contributed by atoms with E-state index in [4.69, 9.17) is 4.74 Å². The molecule has 0 saturated carbocycles. The van der Waals surface area contributed by atoms with Gasteiger partial charge in [-0.1, -0.05) is 0 Å². The van der Waals surface area contributed by atoms with Gasteiger partial charge in [0.05, 0.1) is 11.9 Å². The molecule has 180 valence electrons. The fourth-order valence-corrected chi connectivity index (χ4v) is 4.03. The van der Waals surface area contributed by atoms with E-state index in [9.17, 15) is 4.79 Å². The number of hydrogen-bond donors (Lipinski definition) is 3. The largest absolute Gasteiger partial charge is 0.434 e. The molecule has 3 aromatic heterocycles. The number of fused-ring (bicyclic) bond motifs is 1. The summed E-state index contributed by atoms with van der Waals surface area (Å²) < 4.78 is 20.8. The molecule has 0 atom stereocenters. The van der Waals surface area contributed by atoms with Crippen molar-refractivity contribution in [2.24, 2.45) is 0 Å². The Balaban J connectivity index is 1.39. The van der Waals surface area contributed by atoms with E-state index in [1.807, 2.05) is 19.1 Å². The van der Waals surface area contributed by atoms with Gasteiger partial charge in [0.15, 0.2) is 17.4 Å². The van der Waals surface area contributed by atoms with Crippen molar-refractivity contribution in [2.45, 2.75) is 6.92 Å². The van der Waals surface area contributed by atoms with Gasteiger partial charge in [-0.25, -0.2) is 14.4 Å². The topological polar surface area (TPSA) is 111 Å². The summed E-state index contributed by atoms with van der Waals surface area (Å²) >= 11 is 0. The Morgan fingerprint density at radius 2 is 1.94 bits per heavy atom. The molecular weight excluding hydrogens is 451 g/mol. The molecule has 0 unspecified atom stereocenters. The maximum Gasteiger partial charge on any atom is 0.248 e. The highest BCUT2D eigenvalue weighted by molar-refractivity contribution is 5.85. The number of anilines is 4. The summed E-state index contributed by atoms with van der Waals surface area (Å²) in [5.74, 6) is 0.231. The number of carbonyl (C=O) groups excluding carboxylic acids is 1. The average Bonchev–Trinajstić information content (AvgIpc) is 3.25. The van der Waals surface area contributed by atoms with Crippen LogP contribution in [0.15, 0.2) is 42.9 Å². The molecule has 35 heavy (non-hydrogen) atoms. The van der Waals surface area contributed by atoms with Crippen LogP contribution < -0.4 is 20.3 Å². The minimum atomic E-state index is -0.529. The second-order valence-corrected chi connectivity index (χ2v) is 8.37. The number of hydrogen-bond acceptors (Lipinski definition) is 8. The highest BCUT2D eigenvalue weighted by Gasteiger charge is 2.18. The number of halogens is 1. The molecule has 1 fully saturated rings. The standard InChI is InChI=1S/C24H25FN8O2/c1-15-11-17-18(30-15)4-5-19(21(17)25)35-24-22(29-14-34)23(27-13-28-24)31-20-6-3-16(12-26-20)33-9-7-32(2)8-10-33/h3-6,11-14,30H,7-10H2,1-2H3,(H,29,34)(H,26,27,28,31). The van der Waals surface area contributed by atoms with Gasteiger partial charge >= 0.3 is 0 Å². The lowest BCUT2D eigenvalue weighted by molar-refractivity contribution is -0.105. The number of H-pyrrole nitrogens is 1. The van der Waals surface area contributed by atoms with E-state index < -0.39 is 5.82 Å². The van der Waals surface area contributed by atoms with Crippen molar-refractivity contribution in [3.8, 4) is 11.6 Å². The number of ether oxygens (including phenoxy) is 1. The molecule has 1 aliphatic rings. The Bertz CT molecular complexity index is 1350. The predicted molar refractivity (Wildman–Crippen MR) is 132 cm³/mol. The second kappa shape index (κ2) is 9.55. The number of aromatic amines is 1. The molecular formula is C24H25FN8O2. The van der Waals surface area contributed by atoms with Crippen molar-refractivity contribution < 1.29 is 13.9 Å². The van der Waals surface area contributed by atoms with E-state index in [0.29, 0.717) is 23.1 Å². The first-order chi connectivity index (χ1) is 17.0. The molecule has 0 aliphatic carbocycles. The highest BCUT2D eigenvalue weighted by Crippen LogP contribution is 2.36. The van der Waals surface area contributed by atoms with E-state index in [-0.39, 0.29) is 23.1 Å². The normalized spacial score (nSPS) is 14.2. The number of nitrogens with one attached hydrogen (secondary N) is 3. The number of amides is 1. The van der Waals surface area contributed by atoms with Gasteiger partial charge < -0.3 is 30.2 Å².